The SMILES string of the molecule is O=C(CCOCCOCCOCCOCCSSc1ccccn1)ON1C(=O)CCC1=O. The first-order valence-corrected chi connectivity index (χ1v) is 12.6. The zero-order valence-corrected chi connectivity index (χ0v) is 19.4. The molecule has 12 heteroatoms. The Morgan fingerprint density at radius 1 is 0.875 bits per heavy atom. The normalized spacial score (nSPS) is 13.7. The van der Waals surface area contributed by atoms with Crippen molar-refractivity contribution in [1.29, 1.82) is 0 Å². The minimum Gasteiger partial charge on any atom is -0.378 e. The van der Waals surface area contributed by atoms with E-state index in [4.69, 9.17) is 23.8 Å². The van der Waals surface area contributed by atoms with E-state index in [1.54, 1.807) is 27.8 Å². The number of carbonyl (C=O) groups is 3. The predicted molar refractivity (Wildman–Crippen MR) is 118 cm³/mol. The van der Waals surface area contributed by atoms with Gasteiger partial charge in [-0.15, -0.1) is 5.06 Å². The topological polar surface area (TPSA) is 113 Å². The summed E-state index contributed by atoms with van der Waals surface area (Å²) < 4.78 is 21.5. The maximum absolute atomic E-state index is 11.6. The summed E-state index contributed by atoms with van der Waals surface area (Å²) in [5.74, 6) is -0.811. The molecule has 1 fully saturated rings. The summed E-state index contributed by atoms with van der Waals surface area (Å²) >= 11 is 0. The average Bonchev–Trinajstić information content (AvgIpc) is 3.11. The van der Waals surface area contributed by atoms with Crippen LogP contribution in [0.25, 0.3) is 0 Å². The van der Waals surface area contributed by atoms with Crippen molar-refractivity contribution >= 4 is 39.4 Å². The Morgan fingerprint density at radius 2 is 1.47 bits per heavy atom. The van der Waals surface area contributed by atoms with Crippen LogP contribution in [0.2, 0.25) is 0 Å². The molecule has 0 aliphatic carbocycles. The predicted octanol–water partition coefficient (Wildman–Crippen LogP) is 1.89. The van der Waals surface area contributed by atoms with Crippen molar-refractivity contribution in [3.63, 3.8) is 0 Å². The quantitative estimate of drug-likeness (QED) is 0.171. The fourth-order valence-electron chi connectivity index (χ4n) is 2.31. The van der Waals surface area contributed by atoms with Crippen LogP contribution in [0, 0.1) is 0 Å². The van der Waals surface area contributed by atoms with E-state index in [9.17, 15) is 14.4 Å². The molecule has 0 bridgehead atoms. The molecule has 1 aliphatic heterocycles. The molecule has 2 rings (SSSR count). The van der Waals surface area contributed by atoms with E-state index in [-0.39, 0.29) is 25.9 Å². The third-order valence-electron chi connectivity index (χ3n) is 3.86. The molecule has 0 saturated carbocycles. The number of hydrogen-bond acceptors (Lipinski definition) is 11. The van der Waals surface area contributed by atoms with Gasteiger partial charge in [-0.3, -0.25) is 9.59 Å². The van der Waals surface area contributed by atoms with Gasteiger partial charge in [0.25, 0.3) is 11.8 Å². The van der Waals surface area contributed by atoms with Gasteiger partial charge in [0.1, 0.15) is 5.03 Å². The van der Waals surface area contributed by atoms with Crippen LogP contribution in [0.3, 0.4) is 0 Å². The van der Waals surface area contributed by atoms with Gasteiger partial charge in [0, 0.05) is 24.8 Å². The van der Waals surface area contributed by atoms with Gasteiger partial charge >= 0.3 is 5.97 Å². The van der Waals surface area contributed by atoms with E-state index < -0.39 is 17.8 Å². The minimum atomic E-state index is -0.685. The highest BCUT2D eigenvalue weighted by molar-refractivity contribution is 8.76. The van der Waals surface area contributed by atoms with Crippen LogP contribution in [0.15, 0.2) is 29.4 Å². The molecule has 1 aliphatic rings. The summed E-state index contributed by atoms with van der Waals surface area (Å²) in [4.78, 5) is 43.2. The van der Waals surface area contributed by atoms with E-state index in [0.29, 0.717) is 51.3 Å². The van der Waals surface area contributed by atoms with E-state index >= 15 is 0 Å². The molecular formula is C20H28N2O8S2. The summed E-state index contributed by atoms with van der Waals surface area (Å²) in [7, 11) is 3.33. The molecule has 1 aromatic rings. The van der Waals surface area contributed by atoms with Crippen molar-refractivity contribution in [3.05, 3.63) is 24.4 Å². The van der Waals surface area contributed by atoms with Crippen LogP contribution in [0.1, 0.15) is 19.3 Å². The van der Waals surface area contributed by atoms with Gasteiger partial charge in [0.15, 0.2) is 0 Å². The highest BCUT2D eigenvalue weighted by Crippen LogP contribution is 2.28. The van der Waals surface area contributed by atoms with Crippen LogP contribution in [-0.2, 0) is 38.2 Å². The molecule has 10 nitrogen and oxygen atoms in total. The van der Waals surface area contributed by atoms with Gasteiger partial charge in [-0.05, 0) is 22.9 Å². The van der Waals surface area contributed by atoms with Gasteiger partial charge in [-0.2, -0.15) is 0 Å². The van der Waals surface area contributed by atoms with Crippen LogP contribution >= 0.6 is 21.6 Å². The molecule has 0 unspecified atom stereocenters. The maximum Gasteiger partial charge on any atom is 0.335 e. The number of carbonyl (C=O) groups excluding carboxylic acids is 3. The summed E-state index contributed by atoms with van der Waals surface area (Å²) in [6, 6.07) is 5.83. The molecule has 32 heavy (non-hydrogen) atoms. The fourth-order valence-corrected chi connectivity index (χ4v) is 4.05. The monoisotopic (exact) mass is 488 g/mol. The number of nitrogens with zero attached hydrogens (tertiary/aromatic N) is 2. The maximum atomic E-state index is 11.6. The second-order valence-electron chi connectivity index (χ2n) is 6.32. The standard InChI is InChI=1S/C20H28N2O8S2/c23-18-4-5-19(24)22(18)30-20(25)6-8-26-9-10-27-11-12-28-13-14-29-15-16-31-32-17-3-1-2-7-21-17/h1-3,7H,4-6,8-16H2. The number of hydroxylamine groups is 2. The van der Waals surface area contributed by atoms with Gasteiger partial charge in [0.2, 0.25) is 0 Å². The number of amides is 2. The third-order valence-corrected chi connectivity index (χ3v) is 6.09. The molecule has 0 aromatic carbocycles. The van der Waals surface area contributed by atoms with Crippen molar-refractivity contribution in [1.82, 2.24) is 10.0 Å². The lowest BCUT2D eigenvalue weighted by Gasteiger charge is -2.12. The Morgan fingerprint density at radius 3 is 2.06 bits per heavy atom. The molecule has 2 heterocycles. The molecule has 0 N–H and O–H groups in total. The molecule has 0 spiro atoms. The van der Waals surface area contributed by atoms with Gasteiger partial charge in [0.05, 0.1) is 59.3 Å². The molecule has 2 amide bonds. The van der Waals surface area contributed by atoms with E-state index in [2.05, 4.69) is 4.98 Å². The lowest BCUT2D eigenvalue weighted by atomic mass is 10.4. The lowest BCUT2D eigenvalue weighted by molar-refractivity contribution is -0.198. The molecule has 178 valence electrons. The number of hydrogen-bond donors (Lipinski definition) is 0. The van der Waals surface area contributed by atoms with Crippen LogP contribution in [0.5, 0.6) is 0 Å². The van der Waals surface area contributed by atoms with Crippen LogP contribution in [-0.4, -0.2) is 86.4 Å². The molecular weight excluding hydrogens is 460 g/mol. The molecule has 0 radical (unpaired) electrons. The first kappa shape index (κ1) is 26.6. The Labute approximate surface area is 195 Å². The van der Waals surface area contributed by atoms with Crippen molar-refractivity contribution in [2.45, 2.75) is 24.3 Å². The number of aromatic nitrogens is 1. The van der Waals surface area contributed by atoms with Crippen molar-refractivity contribution < 1.29 is 38.2 Å². The Balaban J connectivity index is 1.27. The van der Waals surface area contributed by atoms with E-state index in [0.717, 1.165) is 10.8 Å². The second kappa shape index (κ2) is 16.9. The zero-order chi connectivity index (χ0) is 22.9. The molecule has 1 aromatic heterocycles. The summed E-state index contributed by atoms with van der Waals surface area (Å²) in [6.45, 7) is 3.36. The number of rotatable bonds is 18. The van der Waals surface area contributed by atoms with Crippen molar-refractivity contribution in [3.8, 4) is 0 Å². The number of ether oxygens (including phenoxy) is 4. The Kier molecular flexibility index (Phi) is 14.0. The minimum absolute atomic E-state index is 0.0551. The summed E-state index contributed by atoms with van der Waals surface area (Å²) in [6.07, 6.45) is 1.86. The number of imide groups is 1. The third kappa shape index (κ3) is 11.8. The largest absolute Gasteiger partial charge is 0.378 e. The van der Waals surface area contributed by atoms with Crippen molar-refractivity contribution in [2.75, 3.05) is 58.6 Å². The van der Waals surface area contributed by atoms with E-state index in [1.165, 1.54) is 0 Å². The van der Waals surface area contributed by atoms with Gasteiger partial charge in [-0.1, -0.05) is 16.9 Å². The smallest absolute Gasteiger partial charge is 0.335 e. The van der Waals surface area contributed by atoms with Crippen LogP contribution in [0.4, 0.5) is 0 Å². The Hall–Kier alpha value is -1.70. The lowest BCUT2D eigenvalue weighted by Crippen LogP contribution is -2.32. The number of pyridine rings is 1. The van der Waals surface area contributed by atoms with Gasteiger partial charge < -0.3 is 23.8 Å². The Bertz CT molecular complexity index is 679. The van der Waals surface area contributed by atoms with Crippen LogP contribution < -0.4 is 0 Å². The fraction of sp³-hybridized carbons (Fsp3) is 0.600. The summed E-state index contributed by atoms with van der Waals surface area (Å²) in [5.41, 5.74) is 0. The zero-order valence-electron chi connectivity index (χ0n) is 17.8. The average molecular weight is 489 g/mol. The second-order valence-corrected chi connectivity index (χ2v) is 8.75. The molecule has 1 saturated heterocycles. The summed E-state index contributed by atoms with van der Waals surface area (Å²) in [5, 5.41) is 1.51. The van der Waals surface area contributed by atoms with Gasteiger partial charge in [-0.25, -0.2) is 9.78 Å². The highest BCUT2D eigenvalue weighted by Gasteiger charge is 2.32. The highest BCUT2D eigenvalue weighted by atomic mass is 33.1. The van der Waals surface area contributed by atoms with Crippen molar-refractivity contribution in [2.24, 2.45) is 0 Å². The first-order chi connectivity index (χ1) is 15.7. The first-order valence-electron chi connectivity index (χ1n) is 10.2. The van der Waals surface area contributed by atoms with E-state index in [1.807, 2.05) is 18.2 Å². The molecule has 0 atom stereocenters.